The summed E-state index contributed by atoms with van der Waals surface area (Å²) in [6.45, 7) is 4.53. The second-order valence-corrected chi connectivity index (χ2v) is 10.3. The summed E-state index contributed by atoms with van der Waals surface area (Å²) < 4.78 is 45.1. The zero-order chi connectivity index (χ0) is 22.5. The first-order chi connectivity index (χ1) is 15.3. The fraction of sp³-hybridized carbons (Fsp3) is 0.750. The number of amides is 1. The summed E-state index contributed by atoms with van der Waals surface area (Å²) in [4.78, 5) is 19.7. The summed E-state index contributed by atoms with van der Waals surface area (Å²) in [6.07, 6.45) is 2.87. The molecule has 0 aromatic carbocycles. The van der Waals surface area contributed by atoms with E-state index in [2.05, 4.69) is 17.2 Å². The van der Waals surface area contributed by atoms with Crippen LogP contribution in [0.25, 0.3) is 0 Å². The molecule has 1 saturated heterocycles. The molecule has 0 unspecified atom stereocenters. The van der Waals surface area contributed by atoms with Gasteiger partial charge in [-0.3, -0.25) is 9.78 Å². The molecule has 1 aromatic heterocycles. The van der Waals surface area contributed by atoms with E-state index in [1.807, 2.05) is 4.90 Å². The van der Waals surface area contributed by atoms with Gasteiger partial charge in [0.25, 0.3) is 0 Å². The van der Waals surface area contributed by atoms with Gasteiger partial charge in [-0.05, 0) is 55.6 Å². The standard InChI is InChI=1S/C24H32F3N3O2/c1-15-14-32-8-5-20(15)29-19-10-17-3-2-6-23(17,11-19)22(31)30-7-4-21-16(13-30)9-18(12-28-21)24(25,26)27/h9,12,15,17,19-20,29H,2-8,10-11,13-14H2,1H3/t15-,17+,19+,20+,23+/m0/s1. The van der Waals surface area contributed by atoms with E-state index in [1.165, 1.54) is 6.07 Å². The third-order valence-electron chi connectivity index (χ3n) is 8.31. The molecule has 5 nitrogen and oxygen atoms in total. The highest BCUT2D eigenvalue weighted by molar-refractivity contribution is 5.84. The van der Waals surface area contributed by atoms with Crippen LogP contribution in [0.15, 0.2) is 12.3 Å². The Morgan fingerprint density at radius 2 is 2.19 bits per heavy atom. The highest BCUT2D eigenvalue weighted by Gasteiger charge is 2.56. The summed E-state index contributed by atoms with van der Waals surface area (Å²) in [5.41, 5.74) is 0.118. The third kappa shape index (κ3) is 3.94. The second kappa shape index (κ2) is 8.28. The summed E-state index contributed by atoms with van der Waals surface area (Å²) >= 11 is 0. The number of carbonyl (C=O) groups is 1. The van der Waals surface area contributed by atoms with Crippen molar-refractivity contribution in [2.75, 3.05) is 19.8 Å². The van der Waals surface area contributed by atoms with E-state index in [9.17, 15) is 18.0 Å². The number of carbonyl (C=O) groups excluding carboxylic acids is 1. The van der Waals surface area contributed by atoms with Crippen LogP contribution < -0.4 is 5.32 Å². The summed E-state index contributed by atoms with van der Waals surface area (Å²) in [5.74, 6) is 0.973. The number of nitrogens with one attached hydrogen (secondary N) is 1. The fourth-order valence-electron chi connectivity index (χ4n) is 6.62. The molecule has 176 valence electrons. The highest BCUT2D eigenvalue weighted by Crippen LogP contribution is 2.55. The molecule has 4 aliphatic rings. The number of halogens is 3. The molecule has 0 bridgehead atoms. The number of pyridine rings is 1. The predicted octanol–water partition coefficient (Wildman–Crippen LogP) is 3.95. The molecule has 2 aliphatic heterocycles. The van der Waals surface area contributed by atoms with Gasteiger partial charge in [-0.15, -0.1) is 0 Å². The van der Waals surface area contributed by atoms with Crippen LogP contribution in [0.2, 0.25) is 0 Å². The van der Waals surface area contributed by atoms with Gasteiger partial charge >= 0.3 is 6.18 Å². The minimum atomic E-state index is -4.42. The smallest absolute Gasteiger partial charge is 0.381 e. The molecule has 1 N–H and O–H groups in total. The fourth-order valence-corrected chi connectivity index (χ4v) is 6.62. The van der Waals surface area contributed by atoms with E-state index >= 15 is 0 Å². The molecule has 1 aromatic rings. The van der Waals surface area contributed by atoms with Crippen molar-refractivity contribution >= 4 is 5.91 Å². The lowest BCUT2D eigenvalue weighted by Gasteiger charge is -2.38. The molecule has 5 rings (SSSR count). The Morgan fingerprint density at radius 3 is 2.97 bits per heavy atom. The molecule has 5 atom stereocenters. The average Bonchev–Trinajstić information content (AvgIpc) is 3.31. The summed E-state index contributed by atoms with van der Waals surface area (Å²) in [6, 6.07) is 1.93. The lowest BCUT2D eigenvalue weighted by atomic mass is 9.78. The lowest BCUT2D eigenvalue weighted by molar-refractivity contribution is -0.144. The second-order valence-electron chi connectivity index (χ2n) is 10.3. The van der Waals surface area contributed by atoms with Crippen LogP contribution in [0, 0.1) is 17.3 Å². The van der Waals surface area contributed by atoms with Crippen molar-refractivity contribution in [2.24, 2.45) is 17.3 Å². The molecular formula is C24H32F3N3O2. The SMILES string of the molecule is C[C@H]1COCC[C@H]1N[C@@H]1C[C@H]2CCC[C@@]2(C(=O)N2CCc3ncc(C(F)(F)F)cc3C2)C1. The monoisotopic (exact) mass is 451 g/mol. The first-order valence-corrected chi connectivity index (χ1v) is 11.9. The summed E-state index contributed by atoms with van der Waals surface area (Å²) in [5, 5.41) is 3.83. The van der Waals surface area contributed by atoms with Gasteiger partial charge in [0.2, 0.25) is 5.91 Å². The maximum atomic E-state index is 13.8. The van der Waals surface area contributed by atoms with Crippen molar-refractivity contribution in [1.29, 1.82) is 0 Å². The number of hydrogen-bond acceptors (Lipinski definition) is 4. The van der Waals surface area contributed by atoms with Gasteiger partial charge in [-0.2, -0.15) is 13.2 Å². The Morgan fingerprint density at radius 1 is 1.34 bits per heavy atom. The molecule has 32 heavy (non-hydrogen) atoms. The van der Waals surface area contributed by atoms with Crippen LogP contribution in [0.4, 0.5) is 13.2 Å². The highest BCUT2D eigenvalue weighted by atomic mass is 19.4. The number of aromatic nitrogens is 1. The van der Waals surface area contributed by atoms with Crippen LogP contribution in [-0.2, 0) is 28.7 Å². The van der Waals surface area contributed by atoms with E-state index in [1.54, 1.807) is 0 Å². The van der Waals surface area contributed by atoms with E-state index in [0.29, 0.717) is 48.1 Å². The third-order valence-corrected chi connectivity index (χ3v) is 8.31. The predicted molar refractivity (Wildman–Crippen MR) is 113 cm³/mol. The summed E-state index contributed by atoms with van der Waals surface area (Å²) in [7, 11) is 0. The molecule has 2 aliphatic carbocycles. The molecular weight excluding hydrogens is 419 g/mol. The van der Waals surface area contributed by atoms with Crippen molar-refractivity contribution in [1.82, 2.24) is 15.2 Å². The van der Waals surface area contributed by atoms with Crippen molar-refractivity contribution in [3.8, 4) is 0 Å². The number of alkyl halides is 3. The van der Waals surface area contributed by atoms with E-state index in [-0.39, 0.29) is 17.9 Å². The van der Waals surface area contributed by atoms with Crippen LogP contribution in [0.5, 0.6) is 0 Å². The Balaban J connectivity index is 1.31. The average molecular weight is 452 g/mol. The van der Waals surface area contributed by atoms with Crippen molar-refractivity contribution in [3.05, 3.63) is 29.1 Å². The van der Waals surface area contributed by atoms with Gasteiger partial charge in [0.1, 0.15) is 0 Å². The van der Waals surface area contributed by atoms with Gasteiger partial charge in [0, 0.05) is 50.1 Å². The molecule has 1 amide bonds. The molecule has 2 saturated carbocycles. The maximum absolute atomic E-state index is 13.8. The number of fused-ring (bicyclic) bond motifs is 2. The topological polar surface area (TPSA) is 54.5 Å². The van der Waals surface area contributed by atoms with Gasteiger partial charge in [-0.25, -0.2) is 0 Å². The van der Waals surface area contributed by atoms with Gasteiger partial charge in [0.15, 0.2) is 0 Å². The van der Waals surface area contributed by atoms with Crippen LogP contribution in [0.1, 0.15) is 62.3 Å². The first-order valence-electron chi connectivity index (χ1n) is 11.9. The quantitative estimate of drug-likeness (QED) is 0.756. The zero-order valence-corrected chi connectivity index (χ0v) is 18.6. The molecule has 3 fully saturated rings. The number of ether oxygens (including phenoxy) is 1. The van der Waals surface area contributed by atoms with Crippen LogP contribution in [0.3, 0.4) is 0 Å². The molecule has 8 heteroatoms. The first kappa shape index (κ1) is 22.1. The normalized spacial score (nSPS) is 34.9. The number of rotatable bonds is 3. The Bertz CT molecular complexity index is 877. The maximum Gasteiger partial charge on any atom is 0.417 e. The van der Waals surface area contributed by atoms with Gasteiger partial charge < -0.3 is 15.0 Å². The molecule has 3 heterocycles. The Kier molecular flexibility index (Phi) is 5.73. The molecule has 0 spiro atoms. The minimum absolute atomic E-state index is 0.146. The lowest BCUT2D eigenvalue weighted by Crippen LogP contribution is -2.48. The minimum Gasteiger partial charge on any atom is -0.381 e. The van der Waals surface area contributed by atoms with Crippen molar-refractivity contribution < 1.29 is 22.7 Å². The van der Waals surface area contributed by atoms with Gasteiger partial charge in [-0.1, -0.05) is 13.3 Å². The number of nitrogens with zero attached hydrogens (tertiary/aromatic N) is 2. The van der Waals surface area contributed by atoms with E-state index in [4.69, 9.17) is 4.74 Å². The van der Waals surface area contributed by atoms with E-state index < -0.39 is 11.7 Å². The Hall–Kier alpha value is -1.67. The number of hydrogen-bond donors (Lipinski definition) is 1. The van der Waals surface area contributed by atoms with Crippen LogP contribution in [-0.4, -0.2) is 47.6 Å². The van der Waals surface area contributed by atoms with Gasteiger partial charge in [0.05, 0.1) is 17.6 Å². The molecule has 0 radical (unpaired) electrons. The largest absolute Gasteiger partial charge is 0.417 e. The van der Waals surface area contributed by atoms with Crippen molar-refractivity contribution in [3.63, 3.8) is 0 Å². The van der Waals surface area contributed by atoms with E-state index in [0.717, 1.165) is 57.9 Å². The Labute approximate surface area is 187 Å². The van der Waals surface area contributed by atoms with Crippen LogP contribution >= 0.6 is 0 Å². The van der Waals surface area contributed by atoms with Crippen molar-refractivity contribution in [2.45, 2.75) is 76.7 Å². The zero-order valence-electron chi connectivity index (χ0n) is 18.6.